The maximum Gasteiger partial charge on any atom is 0.243 e. The summed E-state index contributed by atoms with van der Waals surface area (Å²) in [5.74, 6) is -2.12. The van der Waals surface area contributed by atoms with Crippen LogP contribution in [0.3, 0.4) is 0 Å². The number of rotatable bonds is 6. The Morgan fingerprint density at radius 1 is 1.16 bits per heavy atom. The maximum absolute atomic E-state index is 15.6. The number of fused-ring (bicyclic) bond motifs is 1. The van der Waals surface area contributed by atoms with Crippen LogP contribution in [-0.2, 0) is 28.1 Å². The molecule has 0 atom stereocenters. The highest BCUT2D eigenvalue weighted by molar-refractivity contribution is 7.95. The van der Waals surface area contributed by atoms with Gasteiger partial charge in [-0.05, 0) is 36.3 Å². The van der Waals surface area contributed by atoms with E-state index in [1.807, 2.05) is 0 Å². The highest BCUT2D eigenvalue weighted by Gasteiger charge is 2.27. The van der Waals surface area contributed by atoms with Gasteiger partial charge in [0.15, 0.2) is 0 Å². The van der Waals surface area contributed by atoms with E-state index in [9.17, 15) is 9.00 Å². The first kappa shape index (κ1) is 25.5. The highest BCUT2D eigenvalue weighted by atomic mass is 32.2. The second kappa shape index (κ2) is 9.60. The first-order chi connectivity index (χ1) is 18.1. The number of aromatic nitrogens is 3. The first-order valence-corrected chi connectivity index (χ1v) is 13.5. The van der Waals surface area contributed by atoms with Gasteiger partial charge in [0.2, 0.25) is 5.91 Å². The van der Waals surface area contributed by atoms with Crippen LogP contribution in [0.2, 0.25) is 0 Å². The molecular formula is C26H23F3N6O2S. The third kappa shape index (κ3) is 4.40. The Morgan fingerprint density at radius 3 is 2.55 bits per heavy atom. The summed E-state index contributed by atoms with van der Waals surface area (Å²) in [6.07, 6.45) is 3.05. The zero-order valence-corrected chi connectivity index (χ0v) is 21.1. The van der Waals surface area contributed by atoms with Crippen LogP contribution in [0.4, 0.5) is 24.7 Å². The summed E-state index contributed by atoms with van der Waals surface area (Å²) >= 11 is 0. The molecule has 0 unspecified atom stereocenters. The Hall–Kier alpha value is -4.19. The Balaban J connectivity index is 1.71. The minimum atomic E-state index is -2.58. The molecule has 1 amide bonds. The maximum atomic E-state index is 15.6. The number of nitrogens with two attached hydrogens (primary N) is 1. The predicted molar refractivity (Wildman–Crippen MR) is 140 cm³/mol. The van der Waals surface area contributed by atoms with Gasteiger partial charge < -0.3 is 15.6 Å². The Bertz CT molecular complexity index is 1750. The van der Waals surface area contributed by atoms with Crippen molar-refractivity contribution in [2.45, 2.75) is 13.0 Å². The second-order valence-electron chi connectivity index (χ2n) is 8.89. The van der Waals surface area contributed by atoms with Gasteiger partial charge in [-0.15, -0.1) is 0 Å². The average molecular weight is 541 g/mol. The molecule has 0 saturated carbocycles. The lowest BCUT2D eigenvalue weighted by Gasteiger charge is -2.18. The number of anilines is 1. The topological polar surface area (TPSA) is 115 Å². The minimum absolute atomic E-state index is 0.00186. The lowest BCUT2D eigenvalue weighted by Crippen LogP contribution is -2.23. The summed E-state index contributed by atoms with van der Waals surface area (Å²) in [6, 6.07) is 6.15. The quantitative estimate of drug-likeness (QED) is 0.347. The molecule has 2 aromatic carbocycles. The molecule has 5 rings (SSSR count). The molecule has 1 aliphatic heterocycles. The van der Waals surface area contributed by atoms with Crippen molar-refractivity contribution in [1.82, 2.24) is 19.9 Å². The number of benzene rings is 2. The molecule has 8 nitrogen and oxygen atoms in total. The molecule has 1 fully saturated rings. The van der Waals surface area contributed by atoms with Crippen molar-refractivity contribution in [3.05, 3.63) is 72.3 Å². The normalized spacial score (nSPS) is 14.2. The number of nitrogens with zero attached hydrogens (tertiary/aromatic N) is 4. The van der Waals surface area contributed by atoms with Crippen molar-refractivity contribution >= 4 is 38.2 Å². The van der Waals surface area contributed by atoms with Crippen LogP contribution in [0.5, 0.6) is 0 Å². The molecule has 12 heteroatoms. The van der Waals surface area contributed by atoms with E-state index in [1.165, 1.54) is 23.0 Å². The van der Waals surface area contributed by atoms with Gasteiger partial charge in [-0.1, -0.05) is 12.6 Å². The Labute approximate surface area is 216 Å². The fourth-order valence-corrected chi connectivity index (χ4v) is 5.90. The minimum Gasteiger partial charge on any atom is -0.383 e. The summed E-state index contributed by atoms with van der Waals surface area (Å²) in [6.45, 7) is 3.44. The third-order valence-corrected chi connectivity index (χ3v) is 8.82. The third-order valence-electron chi connectivity index (χ3n) is 6.43. The van der Waals surface area contributed by atoms with Crippen molar-refractivity contribution in [2.75, 3.05) is 17.2 Å². The molecule has 0 aliphatic carbocycles. The van der Waals surface area contributed by atoms with Crippen LogP contribution >= 0.6 is 0 Å². The molecule has 4 aromatic rings. The lowest BCUT2D eigenvalue weighted by atomic mass is 9.97. The van der Waals surface area contributed by atoms with Crippen LogP contribution in [0, 0.1) is 17.5 Å². The van der Waals surface area contributed by atoms with Crippen LogP contribution in [0.1, 0.15) is 12.0 Å². The van der Waals surface area contributed by atoms with E-state index in [0.717, 1.165) is 18.2 Å². The molecule has 0 radical (unpaired) electrons. The van der Waals surface area contributed by atoms with E-state index < -0.39 is 33.1 Å². The van der Waals surface area contributed by atoms with Gasteiger partial charge in [0.05, 0.1) is 20.8 Å². The molecule has 196 valence electrons. The predicted octanol–water partition coefficient (Wildman–Crippen LogP) is 4.61. The smallest absolute Gasteiger partial charge is 0.243 e. The van der Waals surface area contributed by atoms with E-state index in [0.29, 0.717) is 23.5 Å². The Kier molecular flexibility index (Phi) is 6.43. The SMILES string of the molecule is C=CC(=O)NCc1ccc(-c2c(-c3cc(F)c(N=S4(=O)CCC4)cc3F)c3c(N)ncnc3n2C)c(F)c1. The molecule has 1 aliphatic rings. The number of aryl methyl sites for hydroxylation is 1. The summed E-state index contributed by atoms with van der Waals surface area (Å²) in [4.78, 5) is 19.7. The second-order valence-corrected chi connectivity index (χ2v) is 11.4. The molecule has 3 N–H and O–H groups in total. The number of carbonyl (C=O) groups excluding carboxylic acids is 1. The average Bonchev–Trinajstić information content (AvgIpc) is 3.16. The van der Waals surface area contributed by atoms with Crippen molar-refractivity contribution in [3.8, 4) is 22.4 Å². The monoisotopic (exact) mass is 540 g/mol. The highest BCUT2D eigenvalue weighted by Crippen LogP contribution is 2.44. The van der Waals surface area contributed by atoms with E-state index in [-0.39, 0.29) is 51.5 Å². The van der Waals surface area contributed by atoms with E-state index >= 15 is 13.2 Å². The fraction of sp³-hybridized carbons (Fsp3) is 0.192. The largest absolute Gasteiger partial charge is 0.383 e. The molecule has 3 heterocycles. The van der Waals surface area contributed by atoms with Crippen LogP contribution in [0.15, 0.2) is 53.7 Å². The van der Waals surface area contributed by atoms with E-state index in [4.69, 9.17) is 5.73 Å². The summed E-state index contributed by atoms with van der Waals surface area (Å²) in [5, 5.41) is 2.79. The van der Waals surface area contributed by atoms with Gasteiger partial charge in [0.1, 0.15) is 40.9 Å². The van der Waals surface area contributed by atoms with Gasteiger partial charge in [0, 0.05) is 47.9 Å². The number of hydrogen-bond acceptors (Lipinski definition) is 6. The van der Waals surface area contributed by atoms with Crippen molar-refractivity contribution in [2.24, 2.45) is 11.4 Å². The number of hydrogen-bond donors (Lipinski definition) is 2. The van der Waals surface area contributed by atoms with Gasteiger partial charge >= 0.3 is 0 Å². The zero-order valence-electron chi connectivity index (χ0n) is 20.3. The molecular weight excluding hydrogens is 517 g/mol. The van der Waals surface area contributed by atoms with Crippen molar-refractivity contribution in [1.29, 1.82) is 0 Å². The number of amides is 1. The van der Waals surface area contributed by atoms with E-state index in [1.54, 1.807) is 13.1 Å². The number of halogens is 3. The van der Waals surface area contributed by atoms with Gasteiger partial charge in [0.25, 0.3) is 0 Å². The Morgan fingerprint density at radius 2 is 1.89 bits per heavy atom. The molecule has 38 heavy (non-hydrogen) atoms. The van der Waals surface area contributed by atoms with E-state index in [2.05, 4.69) is 26.2 Å². The number of nitrogens with one attached hydrogen (secondary N) is 1. The van der Waals surface area contributed by atoms with Crippen LogP contribution in [-0.4, -0.2) is 36.2 Å². The van der Waals surface area contributed by atoms with Crippen molar-refractivity contribution < 1.29 is 22.2 Å². The van der Waals surface area contributed by atoms with Gasteiger partial charge in [-0.2, -0.15) is 4.36 Å². The first-order valence-electron chi connectivity index (χ1n) is 11.6. The van der Waals surface area contributed by atoms with Gasteiger partial charge in [-0.3, -0.25) is 4.79 Å². The fourth-order valence-electron chi connectivity index (χ4n) is 4.43. The van der Waals surface area contributed by atoms with Gasteiger partial charge in [-0.25, -0.2) is 27.3 Å². The van der Waals surface area contributed by atoms with Crippen molar-refractivity contribution in [3.63, 3.8) is 0 Å². The standard InChI is InChI=1S/C26H23F3N6O2S/c1-3-21(36)31-12-14-5-6-15(17(27)9-14)24-22(23-25(30)32-13-33-26(23)35(24)2)16-10-19(29)20(11-18(16)28)34-38(37)7-4-8-38/h3,5-6,9-11,13H,1,4,7-8,12H2,2H3,(H,31,36)(H2,30,32,33). The number of nitrogen functional groups attached to an aromatic ring is 1. The zero-order chi connectivity index (χ0) is 27.2. The molecule has 0 spiro atoms. The molecule has 1 saturated heterocycles. The number of carbonyl (C=O) groups is 1. The van der Waals surface area contributed by atoms with Crippen LogP contribution in [0.25, 0.3) is 33.4 Å². The van der Waals surface area contributed by atoms with Crippen LogP contribution < -0.4 is 11.1 Å². The lowest BCUT2D eigenvalue weighted by molar-refractivity contribution is -0.116. The summed E-state index contributed by atoms with van der Waals surface area (Å²) in [7, 11) is -0.974. The molecule has 0 bridgehead atoms. The summed E-state index contributed by atoms with van der Waals surface area (Å²) in [5.41, 5.74) is 6.75. The molecule has 2 aromatic heterocycles. The summed E-state index contributed by atoms with van der Waals surface area (Å²) < 4.78 is 64.3.